The summed E-state index contributed by atoms with van der Waals surface area (Å²) >= 11 is 0. The highest BCUT2D eigenvalue weighted by Crippen LogP contribution is 2.01. The number of rotatable bonds is 1. The monoisotopic (exact) mass is 113 g/mol. The SMILES string of the molecule is CC1=CC(CO)NC1. The van der Waals surface area contributed by atoms with Crippen LogP contribution in [0.3, 0.4) is 0 Å². The number of hydrogen-bond acceptors (Lipinski definition) is 2. The summed E-state index contributed by atoms with van der Waals surface area (Å²) in [6.45, 7) is 3.21. The third-order valence-corrected chi connectivity index (χ3v) is 1.33. The predicted molar refractivity (Wildman–Crippen MR) is 32.6 cm³/mol. The van der Waals surface area contributed by atoms with Gasteiger partial charge in [0.1, 0.15) is 0 Å². The first kappa shape index (κ1) is 5.79. The molecule has 0 aliphatic carbocycles. The van der Waals surface area contributed by atoms with Crippen LogP contribution in [-0.4, -0.2) is 24.3 Å². The highest BCUT2D eigenvalue weighted by molar-refractivity contribution is 5.12. The van der Waals surface area contributed by atoms with Gasteiger partial charge in [-0.1, -0.05) is 11.6 Å². The van der Waals surface area contributed by atoms with E-state index in [1.165, 1.54) is 5.57 Å². The summed E-state index contributed by atoms with van der Waals surface area (Å²) in [6, 6.07) is 0.218. The van der Waals surface area contributed by atoms with E-state index in [2.05, 4.69) is 18.3 Å². The molecule has 1 atom stereocenters. The predicted octanol–water partition coefficient (Wildman–Crippen LogP) is -0.103. The number of aliphatic hydroxyl groups excluding tert-OH is 1. The van der Waals surface area contributed by atoms with Crippen LogP contribution in [0, 0.1) is 0 Å². The Kier molecular flexibility index (Phi) is 1.65. The highest BCUT2D eigenvalue weighted by atomic mass is 16.3. The van der Waals surface area contributed by atoms with Crippen molar-refractivity contribution in [3.05, 3.63) is 11.6 Å². The number of aliphatic hydroxyl groups is 1. The standard InChI is InChI=1S/C6H11NO/c1-5-2-6(4-8)7-3-5/h2,6-8H,3-4H2,1H3. The Bertz CT molecular complexity index is 109. The lowest BCUT2D eigenvalue weighted by molar-refractivity contribution is 0.271. The summed E-state index contributed by atoms with van der Waals surface area (Å²) < 4.78 is 0. The lowest BCUT2D eigenvalue weighted by atomic mass is 10.3. The Balaban J connectivity index is 2.41. The molecule has 0 saturated carbocycles. The highest BCUT2D eigenvalue weighted by Gasteiger charge is 2.08. The summed E-state index contributed by atoms with van der Waals surface area (Å²) in [7, 11) is 0. The van der Waals surface area contributed by atoms with E-state index in [1.807, 2.05) is 0 Å². The van der Waals surface area contributed by atoms with Gasteiger partial charge in [-0.3, -0.25) is 0 Å². The molecule has 0 spiro atoms. The normalized spacial score (nSPS) is 28.2. The Hall–Kier alpha value is -0.340. The minimum Gasteiger partial charge on any atom is -0.394 e. The van der Waals surface area contributed by atoms with Crippen molar-refractivity contribution in [3.63, 3.8) is 0 Å². The first-order valence-corrected chi connectivity index (χ1v) is 2.84. The van der Waals surface area contributed by atoms with E-state index in [0.29, 0.717) is 0 Å². The molecular formula is C6H11NO. The molecule has 0 bridgehead atoms. The molecule has 1 rings (SSSR count). The van der Waals surface area contributed by atoms with E-state index in [9.17, 15) is 0 Å². The number of nitrogens with one attached hydrogen (secondary N) is 1. The van der Waals surface area contributed by atoms with E-state index >= 15 is 0 Å². The van der Waals surface area contributed by atoms with Crippen molar-refractivity contribution >= 4 is 0 Å². The zero-order valence-corrected chi connectivity index (χ0v) is 5.02. The summed E-state index contributed by atoms with van der Waals surface area (Å²) in [4.78, 5) is 0. The molecule has 0 saturated heterocycles. The fourth-order valence-corrected chi connectivity index (χ4v) is 0.871. The van der Waals surface area contributed by atoms with Gasteiger partial charge >= 0.3 is 0 Å². The molecule has 0 radical (unpaired) electrons. The van der Waals surface area contributed by atoms with Gasteiger partial charge in [0.25, 0.3) is 0 Å². The van der Waals surface area contributed by atoms with Gasteiger partial charge in [0.05, 0.1) is 6.61 Å². The van der Waals surface area contributed by atoms with Crippen LogP contribution in [0.1, 0.15) is 6.92 Å². The molecule has 0 fully saturated rings. The van der Waals surface area contributed by atoms with Gasteiger partial charge in [-0.25, -0.2) is 0 Å². The molecule has 0 aromatic rings. The molecule has 0 amide bonds. The lowest BCUT2D eigenvalue weighted by Gasteiger charge is -2.00. The van der Waals surface area contributed by atoms with E-state index in [4.69, 9.17) is 5.11 Å². The second-order valence-electron chi connectivity index (χ2n) is 2.18. The molecule has 2 heteroatoms. The third-order valence-electron chi connectivity index (χ3n) is 1.33. The maximum atomic E-state index is 8.58. The Labute approximate surface area is 49.2 Å². The quantitative estimate of drug-likeness (QED) is 0.465. The average molecular weight is 113 g/mol. The zero-order valence-electron chi connectivity index (χ0n) is 5.02. The second-order valence-corrected chi connectivity index (χ2v) is 2.18. The van der Waals surface area contributed by atoms with Gasteiger partial charge in [-0.15, -0.1) is 0 Å². The van der Waals surface area contributed by atoms with Crippen molar-refractivity contribution in [3.8, 4) is 0 Å². The first-order valence-electron chi connectivity index (χ1n) is 2.84. The van der Waals surface area contributed by atoms with Gasteiger partial charge in [-0.2, -0.15) is 0 Å². The fraction of sp³-hybridized carbons (Fsp3) is 0.667. The topological polar surface area (TPSA) is 32.3 Å². The maximum Gasteiger partial charge on any atom is 0.0620 e. The van der Waals surface area contributed by atoms with Crippen molar-refractivity contribution in [2.24, 2.45) is 0 Å². The van der Waals surface area contributed by atoms with E-state index in [1.54, 1.807) is 0 Å². The Morgan fingerprint density at radius 2 is 2.75 bits per heavy atom. The average Bonchev–Trinajstić information content (AvgIpc) is 2.14. The zero-order chi connectivity index (χ0) is 5.98. The summed E-state index contributed by atoms with van der Waals surface area (Å²) in [5, 5.41) is 11.7. The Morgan fingerprint density at radius 1 is 2.00 bits per heavy atom. The molecule has 46 valence electrons. The summed E-state index contributed by atoms with van der Waals surface area (Å²) in [5.41, 5.74) is 1.32. The van der Waals surface area contributed by atoms with Crippen LogP contribution < -0.4 is 5.32 Å². The molecule has 1 aliphatic heterocycles. The number of hydrogen-bond donors (Lipinski definition) is 2. The van der Waals surface area contributed by atoms with Crippen LogP contribution in [0.25, 0.3) is 0 Å². The van der Waals surface area contributed by atoms with Crippen molar-refractivity contribution in [1.29, 1.82) is 0 Å². The van der Waals surface area contributed by atoms with Crippen molar-refractivity contribution in [1.82, 2.24) is 5.32 Å². The summed E-state index contributed by atoms with van der Waals surface area (Å²) in [6.07, 6.45) is 2.06. The van der Waals surface area contributed by atoms with Crippen LogP contribution in [0.15, 0.2) is 11.6 Å². The van der Waals surface area contributed by atoms with E-state index < -0.39 is 0 Å². The minimum absolute atomic E-state index is 0.218. The van der Waals surface area contributed by atoms with Crippen molar-refractivity contribution in [2.75, 3.05) is 13.2 Å². The summed E-state index contributed by atoms with van der Waals surface area (Å²) in [5.74, 6) is 0. The van der Waals surface area contributed by atoms with Gasteiger partial charge in [0, 0.05) is 12.6 Å². The molecule has 2 N–H and O–H groups in total. The van der Waals surface area contributed by atoms with Crippen LogP contribution in [-0.2, 0) is 0 Å². The molecule has 1 heterocycles. The van der Waals surface area contributed by atoms with Crippen LogP contribution in [0.2, 0.25) is 0 Å². The van der Waals surface area contributed by atoms with Gasteiger partial charge in [0.2, 0.25) is 0 Å². The van der Waals surface area contributed by atoms with E-state index in [0.717, 1.165) is 6.54 Å². The first-order chi connectivity index (χ1) is 3.83. The largest absolute Gasteiger partial charge is 0.394 e. The Morgan fingerprint density at radius 3 is 3.00 bits per heavy atom. The van der Waals surface area contributed by atoms with Gasteiger partial charge in [0.15, 0.2) is 0 Å². The molecule has 8 heavy (non-hydrogen) atoms. The lowest BCUT2D eigenvalue weighted by Crippen LogP contribution is -2.25. The maximum absolute atomic E-state index is 8.58. The van der Waals surface area contributed by atoms with Gasteiger partial charge < -0.3 is 10.4 Å². The van der Waals surface area contributed by atoms with E-state index in [-0.39, 0.29) is 12.6 Å². The smallest absolute Gasteiger partial charge is 0.0620 e. The van der Waals surface area contributed by atoms with Crippen LogP contribution in [0.4, 0.5) is 0 Å². The second kappa shape index (κ2) is 2.29. The molecular weight excluding hydrogens is 102 g/mol. The third kappa shape index (κ3) is 1.08. The van der Waals surface area contributed by atoms with Crippen molar-refractivity contribution < 1.29 is 5.11 Å². The fourth-order valence-electron chi connectivity index (χ4n) is 0.871. The van der Waals surface area contributed by atoms with Crippen LogP contribution in [0.5, 0.6) is 0 Å². The molecule has 0 aromatic carbocycles. The molecule has 1 unspecified atom stereocenters. The molecule has 0 aromatic heterocycles. The molecule has 1 aliphatic rings. The minimum atomic E-state index is 0.218. The molecule has 2 nitrogen and oxygen atoms in total. The van der Waals surface area contributed by atoms with Crippen molar-refractivity contribution in [2.45, 2.75) is 13.0 Å². The van der Waals surface area contributed by atoms with Gasteiger partial charge in [-0.05, 0) is 6.92 Å². The van der Waals surface area contributed by atoms with Crippen LogP contribution >= 0.6 is 0 Å².